The topological polar surface area (TPSA) is 103 Å². The second-order valence-electron chi connectivity index (χ2n) is 11.5. The van der Waals surface area contributed by atoms with Gasteiger partial charge < -0.3 is 24.8 Å². The molecule has 2 aliphatic carbocycles. The van der Waals surface area contributed by atoms with Crippen molar-refractivity contribution in [1.29, 1.82) is 0 Å². The zero-order chi connectivity index (χ0) is 34.0. The first-order chi connectivity index (χ1) is 23.3. The van der Waals surface area contributed by atoms with Gasteiger partial charge in [0.1, 0.15) is 11.5 Å². The SMILES string of the molecule is CCOC(=O)/C=C/c1ccc2c(c1)CCC2NC(=O)c1ccc(OC)cc1.COc1ccc(C(=O)NC2CCc3cc(Br)ccc32)cc1. The molecule has 6 rings (SSSR count). The van der Waals surface area contributed by atoms with Crippen molar-refractivity contribution in [1.82, 2.24) is 10.6 Å². The Balaban J connectivity index is 0.000000194. The summed E-state index contributed by atoms with van der Waals surface area (Å²) in [6.45, 7) is 2.14. The molecular weight excluding hydrogens is 672 g/mol. The van der Waals surface area contributed by atoms with E-state index in [1.54, 1.807) is 75.8 Å². The number of amides is 2. The van der Waals surface area contributed by atoms with Gasteiger partial charge in [-0.1, -0.05) is 40.2 Å². The predicted octanol–water partition coefficient (Wildman–Crippen LogP) is 7.56. The molecule has 2 N–H and O–H groups in total. The van der Waals surface area contributed by atoms with Crippen molar-refractivity contribution in [3.63, 3.8) is 0 Å². The average molecular weight is 712 g/mol. The van der Waals surface area contributed by atoms with Crippen LogP contribution in [0, 0.1) is 0 Å². The Morgan fingerprint density at radius 3 is 1.73 bits per heavy atom. The number of hydrogen-bond acceptors (Lipinski definition) is 6. The van der Waals surface area contributed by atoms with E-state index in [0.29, 0.717) is 17.7 Å². The summed E-state index contributed by atoms with van der Waals surface area (Å²) in [7, 11) is 3.21. The third-order valence-electron chi connectivity index (χ3n) is 8.44. The number of nitrogens with one attached hydrogen (secondary N) is 2. The van der Waals surface area contributed by atoms with E-state index >= 15 is 0 Å². The van der Waals surface area contributed by atoms with Crippen molar-refractivity contribution in [2.24, 2.45) is 0 Å². The molecule has 0 spiro atoms. The maximum Gasteiger partial charge on any atom is 0.330 e. The number of hydrogen-bond donors (Lipinski definition) is 2. The molecule has 0 saturated heterocycles. The van der Waals surface area contributed by atoms with Crippen LogP contribution in [-0.2, 0) is 22.4 Å². The fourth-order valence-corrected chi connectivity index (χ4v) is 6.36. The second kappa shape index (κ2) is 16.3. The van der Waals surface area contributed by atoms with Crippen LogP contribution in [-0.4, -0.2) is 38.6 Å². The lowest BCUT2D eigenvalue weighted by atomic mass is 10.0. The van der Waals surface area contributed by atoms with Crippen molar-refractivity contribution in [2.75, 3.05) is 20.8 Å². The minimum Gasteiger partial charge on any atom is -0.497 e. The van der Waals surface area contributed by atoms with Gasteiger partial charge in [-0.15, -0.1) is 0 Å². The van der Waals surface area contributed by atoms with Crippen molar-refractivity contribution in [2.45, 2.75) is 44.7 Å². The molecule has 9 heteroatoms. The molecule has 0 heterocycles. The van der Waals surface area contributed by atoms with E-state index in [2.05, 4.69) is 44.8 Å². The van der Waals surface area contributed by atoms with E-state index in [0.717, 1.165) is 52.8 Å². The zero-order valence-electron chi connectivity index (χ0n) is 27.3. The fourth-order valence-electron chi connectivity index (χ4n) is 5.95. The highest BCUT2D eigenvalue weighted by molar-refractivity contribution is 9.10. The highest BCUT2D eigenvalue weighted by atomic mass is 79.9. The molecule has 0 bridgehead atoms. The van der Waals surface area contributed by atoms with Gasteiger partial charge in [-0.3, -0.25) is 9.59 Å². The number of ether oxygens (including phenoxy) is 3. The number of methoxy groups -OCH3 is 2. The summed E-state index contributed by atoms with van der Waals surface area (Å²) in [5, 5.41) is 6.22. The molecule has 0 saturated carbocycles. The van der Waals surface area contributed by atoms with Crippen LogP contribution in [0.5, 0.6) is 11.5 Å². The molecule has 0 fully saturated rings. The Morgan fingerprint density at radius 2 is 1.23 bits per heavy atom. The maximum atomic E-state index is 12.5. The van der Waals surface area contributed by atoms with Crippen LogP contribution >= 0.6 is 15.9 Å². The molecule has 248 valence electrons. The summed E-state index contributed by atoms with van der Waals surface area (Å²) in [6, 6.07) is 26.6. The third-order valence-corrected chi connectivity index (χ3v) is 8.93. The number of benzene rings is 4. The highest BCUT2D eigenvalue weighted by Gasteiger charge is 2.25. The highest BCUT2D eigenvalue weighted by Crippen LogP contribution is 2.34. The summed E-state index contributed by atoms with van der Waals surface area (Å²) in [5.41, 5.74) is 7.07. The molecule has 0 aliphatic heterocycles. The fraction of sp³-hybridized carbons (Fsp3) is 0.256. The van der Waals surface area contributed by atoms with Gasteiger partial charge in [0.2, 0.25) is 0 Å². The lowest BCUT2D eigenvalue weighted by molar-refractivity contribution is -0.137. The molecule has 48 heavy (non-hydrogen) atoms. The van der Waals surface area contributed by atoms with Crippen molar-refractivity contribution in [3.8, 4) is 11.5 Å². The Hall–Kier alpha value is -4.89. The van der Waals surface area contributed by atoms with E-state index < -0.39 is 0 Å². The minimum absolute atomic E-state index is 0.00214. The molecular formula is C39H39BrN2O6. The number of carbonyl (C=O) groups excluding carboxylic acids is 3. The van der Waals surface area contributed by atoms with E-state index in [1.165, 1.54) is 22.8 Å². The molecule has 4 aromatic carbocycles. The molecule has 0 radical (unpaired) electrons. The molecule has 2 amide bonds. The normalized spacial score (nSPS) is 15.8. The first kappa shape index (κ1) is 34.4. The lowest BCUT2D eigenvalue weighted by Crippen LogP contribution is -2.27. The van der Waals surface area contributed by atoms with E-state index in [9.17, 15) is 14.4 Å². The quantitative estimate of drug-likeness (QED) is 0.137. The van der Waals surface area contributed by atoms with E-state index in [4.69, 9.17) is 14.2 Å². The van der Waals surface area contributed by atoms with Gasteiger partial charge in [0.05, 0.1) is 32.9 Å². The molecule has 0 aromatic heterocycles. The molecule has 2 atom stereocenters. The van der Waals surface area contributed by atoms with Crippen LogP contribution in [0.25, 0.3) is 6.08 Å². The van der Waals surface area contributed by atoms with Gasteiger partial charge in [0, 0.05) is 21.7 Å². The second-order valence-corrected chi connectivity index (χ2v) is 12.4. The van der Waals surface area contributed by atoms with Crippen molar-refractivity contribution < 1.29 is 28.6 Å². The standard InChI is InChI=1S/C22H23NO4.C17H16BrNO2/c1-3-27-21(24)13-5-15-4-11-19-17(14-15)8-12-20(19)23-22(25)16-6-9-18(26-2)10-7-16;1-21-14-6-2-11(3-7-14)17(20)19-16-9-4-12-10-13(18)5-8-15(12)16/h4-7,9-11,13-14,20H,3,8,12H2,1-2H3,(H,23,25);2-3,5-8,10,16H,4,9H2,1H3,(H,19,20)/b13-5+;. The number of esters is 1. The first-order valence-corrected chi connectivity index (χ1v) is 16.7. The van der Waals surface area contributed by atoms with Crippen LogP contribution in [0.4, 0.5) is 0 Å². The number of rotatable bonds is 9. The van der Waals surface area contributed by atoms with Crippen LogP contribution < -0.4 is 20.1 Å². The monoisotopic (exact) mass is 710 g/mol. The maximum absolute atomic E-state index is 12.5. The van der Waals surface area contributed by atoms with Gasteiger partial charge in [0.15, 0.2) is 0 Å². The van der Waals surface area contributed by atoms with Gasteiger partial charge in [-0.05, 0) is 127 Å². The Labute approximate surface area is 289 Å². The van der Waals surface area contributed by atoms with Crippen molar-refractivity contribution in [3.05, 3.63) is 134 Å². The number of halogens is 1. The van der Waals surface area contributed by atoms with Gasteiger partial charge >= 0.3 is 5.97 Å². The minimum atomic E-state index is -0.345. The molecule has 2 aliphatic rings. The summed E-state index contributed by atoms with van der Waals surface area (Å²) >= 11 is 3.49. The molecule has 8 nitrogen and oxygen atoms in total. The summed E-state index contributed by atoms with van der Waals surface area (Å²) < 4.78 is 16.2. The number of aryl methyl sites for hydroxylation is 2. The first-order valence-electron chi connectivity index (χ1n) is 15.9. The smallest absolute Gasteiger partial charge is 0.330 e. The number of carbonyl (C=O) groups is 3. The Morgan fingerprint density at radius 1 is 0.729 bits per heavy atom. The summed E-state index contributed by atoms with van der Waals surface area (Å²) in [5.74, 6) is 0.992. The van der Waals surface area contributed by atoms with E-state index in [-0.39, 0.29) is 29.9 Å². The average Bonchev–Trinajstić information content (AvgIpc) is 3.70. The van der Waals surface area contributed by atoms with Crippen LogP contribution in [0.15, 0.2) is 95.5 Å². The molecule has 4 aromatic rings. The predicted molar refractivity (Wildman–Crippen MR) is 189 cm³/mol. The van der Waals surface area contributed by atoms with Crippen LogP contribution in [0.3, 0.4) is 0 Å². The van der Waals surface area contributed by atoms with E-state index in [1.807, 2.05) is 18.2 Å². The largest absolute Gasteiger partial charge is 0.497 e. The van der Waals surface area contributed by atoms with Gasteiger partial charge in [0.25, 0.3) is 11.8 Å². The van der Waals surface area contributed by atoms with Crippen LogP contribution in [0.2, 0.25) is 0 Å². The Bertz CT molecular complexity index is 1790. The third kappa shape index (κ3) is 8.72. The number of fused-ring (bicyclic) bond motifs is 2. The zero-order valence-corrected chi connectivity index (χ0v) is 28.8. The summed E-state index contributed by atoms with van der Waals surface area (Å²) in [6.07, 6.45) is 6.90. The lowest BCUT2D eigenvalue weighted by Gasteiger charge is -2.14. The Kier molecular flexibility index (Phi) is 11.7. The van der Waals surface area contributed by atoms with Crippen LogP contribution in [0.1, 0.15) is 80.4 Å². The molecule has 2 unspecified atom stereocenters. The summed E-state index contributed by atoms with van der Waals surface area (Å²) in [4.78, 5) is 36.3. The van der Waals surface area contributed by atoms with Crippen molar-refractivity contribution >= 4 is 39.8 Å². The van der Waals surface area contributed by atoms with Gasteiger partial charge in [-0.25, -0.2) is 4.79 Å². The van der Waals surface area contributed by atoms with Gasteiger partial charge in [-0.2, -0.15) is 0 Å².